The van der Waals surface area contributed by atoms with Crippen molar-refractivity contribution >= 4 is 5.96 Å². The molecule has 23 heavy (non-hydrogen) atoms. The summed E-state index contributed by atoms with van der Waals surface area (Å²) in [7, 11) is 0. The molecule has 0 aliphatic rings. The predicted molar refractivity (Wildman–Crippen MR) is 95.6 cm³/mol. The van der Waals surface area contributed by atoms with Crippen LogP contribution in [0.4, 0.5) is 0 Å². The maximum absolute atomic E-state index is 4.67. The Kier molecular flexibility index (Phi) is 6.66. The van der Waals surface area contributed by atoms with Gasteiger partial charge in [0.25, 0.3) is 0 Å². The maximum Gasteiger partial charge on any atom is 0.191 e. The average molecular weight is 313 g/mol. The van der Waals surface area contributed by atoms with E-state index in [9.17, 15) is 0 Å². The summed E-state index contributed by atoms with van der Waals surface area (Å²) in [5, 5.41) is 11.0. The number of aliphatic imine (C=N–C) groups is 1. The zero-order chi connectivity index (χ0) is 16.5. The second-order valence-corrected chi connectivity index (χ2v) is 5.68. The quantitative estimate of drug-likeness (QED) is 0.469. The molecular weight excluding hydrogens is 286 g/mol. The lowest BCUT2D eigenvalue weighted by molar-refractivity contribution is 0.570. The molecule has 2 aromatic rings. The van der Waals surface area contributed by atoms with E-state index < -0.39 is 0 Å². The SMILES string of the molecule is CCNC(=NCc1ccccc1C)NCCCn1cc(C)cn1. The zero-order valence-electron chi connectivity index (χ0n) is 14.3. The van der Waals surface area contributed by atoms with Crippen LogP contribution in [0.1, 0.15) is 30.0 Å². The van der Waals surface area contributed by atoms with Crippen molar-refractivity contribution in [2.24, 2.45) is 4.99 Å². The Balaban J connectivity index is 1.80. The van der Waals surface area contributed by atoms with E-state index in [1.807, 2.05) is 10.9 Å². The predicted octanol–water partition coefficient (Wildman–Crippen LogP) is 2.65. The van der Waals surface area contributed by atoms with Gasteiger partial charge < -0.3 is 10.6 Å². The van der Waals surface area contributed by atoms with Crippen LogP contribution in [0, 0.1) is 13.8 Å². The van der Waals surface area contributed by atoms with Gasteiger partial charge in [0, 0.05) is 25.8 Å². The summed E-state index contributed by atoms with van der Waals surface area (Å²) in [5.74, 6) is 0.868. The van der Waals surface area contributed by atoms with Gasteiger partial charge in [-0.1, -0.05) is 24.3 Å². The van der Waals surface area contributed by atoms with Gasteiger partial charge in [0.1, 0.15) is 0 Å². The minimum Gasteiger partial charge on any atom is -0.357 e. The van der Waals surface area contributed by atoms with Crippen molar-refractivity contribution in [3.63, 3.8) is 0 Å². The van der Waals surface area contributed by atoms with Crippen molar-refractivity contribution < 1.29 is 0 Å². The van der Waals surface area contributed by atoms with Crippen LogP contribution in [0.2, 0.25) is 0 Å². The number of guanidine groups is 1. The fourth-order valence-corrected chi connectivity index (χ4v) is 2.33. The van der Waals surface area contributed by atoms with E-state index in [4.69, 9.17) is 0 Å². The number of rotatable bonds is 7. The first-order valence-corrected chi connectivity index (χ1v) is 8.24. The molecule has 0 aliphatic carbocycles. The molecule has 1 aromatic heterocycles. The molecule has 1 heterocycles. The monoisotopic (exact) mass is 313 g/mol. The summed E-state index contributed by atoms with van der Waals surface area (Å²) in [6.45, 7) is 9.60. The highest BCUT2D eigenvalue weighted by atomic mass is 15.3. The molecule has 0 atom stereocenters. The molecule has 5 heteroatoms. The van der Waals surface area contributed by atoms with Crippen LogP contribution >= 0.6 is 0 Å². The smallest absolute Gasteiger partial charge is 0.191 e. The van der Waals surface area contributed by atoms with E-state index in [0.29, 0.717) is 6.54 Å². The highest BCUT2D eigenvalue weighted by Crippen LogP contribution is 2.07. The van der Waals surface area contributed by atoms with Gasteiger partial charge in [-0.3, -0.25) is 4.68 Å². The summed E-state index contributed by atoms with van der Waals surface area (Å²) in [6.07, 6.45) is 4.97. The number of hydrogen-bond acceptors (Lipinski definition) is 2. The molecule has 0 unspecified atom stereocenters. The van der Waals surface area contributed by atoms with E-state index in [2.05, 4.69) is 72.0 Å². The molecule has 5 nitrogen and oxygen atoms in total. The molecule has 0 saturated heterocycles. The molecule has 2 rings (SSSR count). The highest BCUT2D eigenvalue weighted by molar-refractivity contribution is 5.79. The molecule has 0 fully saturated rings. The molecule has 0 spiro atoms. The van der Waals surface area contributed by atoms with Gasteiger partial charge >= 0.3 is 0 Å². The van der Waals surface area contributed by atoms with Crippen LogP contribution in [-0.4, -0.2) is 28.8 Å². The van der Waals surface area contributed by atoms with Crippen molar-refractivity contribution in [3.8, 4) is 0 Å². The number of nitrogens with one attached hydrogen (secondary N) is 2. The lowest BCUT2D eigenvalue weighted by atomic mass is 10.1. The first kappa shape index (κ1) is 17.1. The Morgan fingerprint density at radius 1 is 1.22 bits per heavy atom. The standard InChI is InChI=1S/C18H27N5/c1-4-19-18(21-13-17-9-6-5-8-16(17)3)20-10-7-11-23-14-15(2)12-22-23/h5-6,8-9,12,14H,4,7,10-11,13H2,1-3H3,(H2,19,20,21). The number of nitrogens with zero attached hydrogens (tertiary/aromatic N) is 3. The van der Waals surface area contributed by atoms with Gasteiger partial charge in [-0.15, -0.1) is 0 Å². The van der Waals surface area contributed by atoms with Crippen molar-refractivity contribution in [3.05, 3.63) is 53.3 Å². The van der Waals surface area contributed by atoms with E-state index in [-0.39, 0.29) is 0 Å². The minimum absolute atomic E-state index is 0.695. The first-order chi connectivity index (χ1) is 11.2. The molecule has 0 amide bonds. The van der Waals surface area contributed by atoms with Crippen molar-refractivity contribution in [2.45, 2.75) is 40.3 Å². The fourth-order valence-electron chi connectivity index (χ4n) is 2.33. The number of aryl methyl sites for hydroxylation is 3. The minimum atomic E-state index is 0.695. The second-order valence-electron chi connectivity index (χ2n) is 5.68. The zero-order valence-corrected chi connectivity index (χ0v) is 14.3. The molecule has 0 aliphatic heterocycles. The van der Waals surface area contributed by atoms with E-state index >= 15 is 0 Å². The van der Waals surface area contributed by atoms with Gasteiger partial charge in [0.05, 0.1) is 12.7 Å². The highest BCUT2D eigenvalue weighted by Gasteiger charge is 2.00. The Labute approximate surface area is 138 Å². The van der Waals surface area contributed by atoms with Crippen LogP contribution < -0.4 is 10.6 Å². The van der Waals surface area contributed by atoms with Crippen LogP contribution in [0.3, 0.4) is 0 Å². The third kappa shape index (κ3) is 5.77. The van der Waals surface area contributed by atoms with Crippen LogP contribution in [-0.2, 0) is 13.1 Å². The molecule has 0 radical (unpaired) electrons. The van der Waals surface area contributed by atoms with E-state index in [1.54, 1.807) is 0 Å². The second kappa shape index (κ2) is 8.98. The lowest BCUT2D eigenvalue weighted by Crippen LogP contribution is -2.38. The van der Waals surface area contributed by atoms with Crippen LogP contribution in [0.5, 0.6) is 0 Å². The van der Waals surface area contributed by atoms with Crippen molar-refractivity contribution in [1.29, 1.82) is 0 Å². The molecule has 124 valence electrons. The third-order valence-electron chi connectivity index (χ3n) is 3.63. The molecule has 1 aromatic carbocycles. The topological polar surface area (TPSA) is 54.2 Å². The number of aromatic nitrogens is 2. The summed E-state index contributed by atoms with van der Waals surface area (Å²) in [5.41, 5.74) is 3.74. The first-order valence-electron chi connectivity index (χ1n) is 8.24. The van der Waals surface area contributed by atoms with Crippen LogP contribution in [0.15, 0.2) is 41.7 Å². The summed E-state index contributed by atoms with van der Waals surface area (Å²) < 4.78 is 1.98. The Bertz CT molecular complexity index is 630. The maximum atomic E-state index is 4.67. The number of hydrogen-bond donors (Lipinski definition) is 2. The van der Waals surface area contributed by atoms with E-state index in [0.717, 1.165) is 32.0 Å². The fraction of sp³-hybridized carbons (Fsp3) is 0.444. The van der Waals surface area contributed by atoms with Crippen molar-refractivity contribution in [1.82, 2.24) is 20.4 Å². The van der Waals surface area contributed by atoms with Gasteiger partial charge in [0.15, 0.2) is 5.96 Å². The normalized spacial score (nSPS) is 11.5. The Hall–Kier alpha value is -2.30. The molecule has 2 N–H and O–H groups in total. The molecule has 0 saturated carbocycles. The van der Waals surface area contributed by atoms with Crippen molar-refractivity contribution in [2.75, 3.05) is 13.1 Å². The average Bonchev–Trinajstić information content (AvgIpc) is 2.96. The molecular formula is C18H27N5. The third-order valence-corrected chi connectivity index (χ3v) is 3.63. The number of benzene rings is 1. The Morgan fingerprint density at radius 3 is 2.74 bits per heavy atom. The van der Waals surface area contributed by atoms with Gasteiger partial charge in [-0.25, -0.2) is 4.99 Å². The largest absolute Gasteiger partial charge is 0.357 e. The summed E-state index contributed by atoms with van der Waals surface area (Å²) >= 11 is 0. The van der Waals surface area contributed by atoms with E-state index in [1.165, 1.54) is 16.7 Å². The summed E-state index contributed by atoms with van der Waals surface area (Å²) in [6, 6.07) is 8.37. The summed E-state index contributed by atoms with van der Waals surface area (Å²) in [4.78, 5) is 4.67. The molecule has 0 bridgehead atoms. The lowest BCUT2D eigenvalue weighted by Gasteiger charge is -2.12. The Morgan fingerprint density at radius 2 is 2.04 bits per heavy atom. The van der Waals surface area contributed by atoms with Crippen LogP contribution in [0.25, 0.3) is 0 Å². The van der Waals surface area contributed by atoms with Gasteiger partial charge in [0.2, 0.25) is 0 Å². The van der Waals surface area contributed by atoms with Gasteiger partial charge in [-0.2, -0.15) is 5.10 Å². The van der Waals surface area contributed by atoms with Gasteiger partial charge in [-0.05, 0) is 43.9 Å².